The normalized spacial score (nSPS) is 25.4. The smallest absolute Gasteiger partial charge is 0.204 e. The quantitative estimate of drug-likeness (QED) is 0.798. The molecule has 7 nitrogen and oxygen atoms in total. The van der Waals surface area contributed by atoms with Crippen molar-refractivity contribution in [2.45, 2.75) is 38.6 Å². The van der Waals surface area contributed by atoms with Gasteiger partial charge in [-0.1, -0.05) is 6.92 Å². The van der Waals surface area contributed by atoms with Crippen LogP contribution >= 0.6 is 11.3 Å². The molecule has 2 aromatic heterocycles. The molecule has 2 aliphatic heterocycles. The number of piperazine rings is 1. The van der Waals surface area contributed by atoms with Crippen LogP contribution in [-0.2, 0) is 4.74 Å². The number of aromatic nitrogens is 2. The molecule has 0 aromatic carbocycles. The van der Waals surface area contributed by atoms with Crippen molar-refractivity contribution in [1.82, 2.24) is 25.1 Å². The predicted molar refractivity (Wildman–Crippen MR) is 114 cm³/mol. The van der Waals surface area contributed by atoms with Gasteiger partial charge in [-0.3, -0.25) is 20.2 Å². The van der Waals surface area contributed by atoms with Crippen molar-refractivity contribution < 1.29 is 4.74 Å². The maximum Gasteiger partial charge on any atom is 0.204 e. The van der Waals surface area contributed by atoms with Crippen molar-refractivity contribution in [3.05, 3.63) is 23.0 Å². The van der Waals surface area contributed by atoms with Crippen LogP contribution in [0.3, 0.4) is 0 Å². The number of pyridine rings is 1. The molecule has 3 atom stereocenters. The second kappa shape index (κ2) is 8.92. The second-order valence-electron chi connectivity index (χ2n) is 7.79. The highest BCUT2D eigenvalue weighted by Crippen LogP contribution is 2.31. The first-order chi connectivity index (χ1) is 13.6. The molecule has 0 spiro atoms. The largest absolute Gasteiger partial charge is 0.342 e. The molecule has 0 aliphatic carbocycles. The zero-order valence-electron chi connectivity index (χ0n) is 17.0. The van der Waals surface area contributed by atoms with Gasteiger partial charge in [0.15, 0.2) is 0 Å². The molecular weight excluding hydrogens is 372 g/mol. The SMILES string of the molecule is Cc1nccc2sc(C(C)C3CC=NC(OCCN4CCN(C)CC4)N3)nc12. The van der Waals surface area contributed by atoms with Crippen LogP contribution in [-0.4, -0.2) is 84.8 Å². The fourth-order valence-corrected chi connectivity index (χ4v) is 4.87. The number of thiazole rings is 1. The molecule has 3 unspecified atom stereocenters. The second-order valence-corrected chi connectivity index (χ2v) is 8.85. The summed E-state index contributed by atoms with van der Waals surface area (Å²) in [5.74, 6) is 0.298. The molecule has 2 aliphatic rings. The Kier molecular flexibility index (Phi) is 6.32. The molecule has 1 fully saturated rings. The van der Waals surface area contributed by atoms with Gasteiger partial charge in [-0.15, -0.1) is 11.3 Å². The van der Waals surface area contributed by atoms with E-state index >= 15 is 0 Å². The average molecular weight is 403 g/mol. The van der Waals surface area contributed by atoms with Gasteiger partial charge in [-0.25, -0.2) is 4.98 Å². The number of nitrogens with one attached hydrogen (secondary N) is 1. The third-order valence-electron chi connectivity index (χ3n) is 5.74. The number of fused-ring (bicyclic) bond motifs is 1. The van der Waals surface area contributed by atoms with E-state index < -0.39 is 0 Å². The lowest BCUT2D eigenvalue weighted by Crippen LogP contribution is -2.47. The van der Waals surface area contributed by atoms with Gasteiger partial charge in [0, 0.05) is 57.1 Å². The van der Waals surface area contributed by atoms with Gasteiger partial charge in [0.25, 0.3) is 0 Å². The lowest BCUT2D eigenvalue weighted by molar-refractivity contribution is 0.00574. The number of rotatable bonds is 6. The molecule has 152 valence electrons. The number of likely N-dealkylation sites (N-methyl/N-ethyl adjacent to an activating group) is 1. The highest BCUT2D eigenvalue weighted by Gasteiger charge is 2.27. The molecule has 1 saturated heterocycles. The van der Waals surface area contributed by atoms with E-state index in [2.05, 4.69) is 45.1 Å². The Morgan fingerprint density at radius 2 is 2.14 bits per heavy atom. The van der Waals surface area contributed by atoms with E-state index in [0.717, 1.165) is 55.4 Å². The summed E-state index contributed by atoms with van der Waals surface area (Å²) in [5.41, 5.74) is 2.02. The van der Waals surface area contributed by atoms with Crippen LogP contribution in [0.2, 0.25) is 0 Å². The zero-order valence-corrected chi connectivity index (χ0v) is 17.8. The fourth-order valence-electron chi connectivity index (χ4n) is 3.73. The summed E-state index contributed by atoms with van der Waals surface area (Å²) >= 11 is 1.76. The molecule has 0 radical (unpaired) electrons. The van der Waals surface area contributed by atoms with Crippen LogP contribution in [0.1, 0.15) is 30.0 Å². The van der Waals surface area contributed by atoms with Crippen molar-refractivity contribution in [2.24, 2.45) is 4.99 Å². The van der Waals surface area contributed by atoms with Gasteiger partial charge in [-0.05, 0) is 26.5 Å². The maximum atomic E-state index is 6.02. The number of aryl methyl sites for hydroxylation is 1. The molecule has 1 N–H and O–H groups in total. The van der Waals surface area contributed by atoms with Gasteiger partial charge in [0.1, 0.15) is 5.52 Å². The Morgan fingerprint density at radius 1 is 1.32 bits per heavy atom. The van der Waals surface area contributed by atoms with E-state index in [1.54, 1.807) is 11.3 Å². The Balaban J connectivity index is 1.30. The first-order valence-electron chi connectivity index (χ1n) is 10.1. The van der Waals surface area contributed by atoms with Crippen LogP contribution in [0.15, 0.2) is 17.3 Å². The fraction of sp³-hybridized carbons (Fsp3) is 0.650. The summed E-state index contributed by atoms with van der Waals surface area (Å²) in [4.78, 5) is 18.6. The Hall–Kier alpha value is -1.45. The van der Waals surface area contributed by atoms with E-state index in [1.165, 1.54) is 4.70 Å². The Morgan fingerprint density at radius 3 is 2.93 bits per heavy atom. The molecular formula is C20H30N6OS. The molecule has 4 heterocycles. The molecule has 8 heteroatoms. The van der Waals surface area contributed by atoms with Crippen molar-refractivity contribution in [3.8, 4) is 0 Å². The van der Waals surface area contributed by atoms with Gasteiger partial charge < -0.3 is 9.64 Å². The summed E-state index contributed by atoms with van der Waals surface area (Å²) < 4.78 is 7.22. The zero-order chi connectivity index (χ0) is 19.5. The van der Waals surface area contributed by atoms with Crippen LogP contribution in [0.25, 0.3) is 10.2 Å². The summed E-state index contributed by atoms with van der Waals surface area (Å²) in [5, 5.41) is 4.71. The predicted octanol–water partition coefficient (Wildman–Crippen LogP) is 2.08. The molecule has 0 bridgehead atoms. The molecule has 28 heavy (non-hydrogen) atoms. The van der Waals surface area contributed by atoms with E-state index in [4.69, 9.17) is 9.72 Å². The standard InChI is InChI=1S/C20H30N6OS/c1-14(19-24-18-15(2)21-7-5-17(18)28-19)16-4-6-22-20(23-16)27-13-12-26-10-8-25(3)9-11-26/h5-7,14,16,20,23H,4,8-13H2,1-3H3. The van der Waals surface area contributed by atoms with E-state index in [-0.39, 0.29) is 12.4 Å². The van der Waals surface area contributed by atoms with Crippen molar-refractivity contribution in [3.63, 3.8) is 0 Å². The molecule has 0 saturated carbocycles. The van der Waals surface area contributed by atoms with Gasteiger partial charge in [-0.2, -0.15) is 0 Å². The van der Waals surface area contributed by atoms with Crippen molar-refractivity contribution in [2.75, 3.05) is 46.4 Å². The summed E-state index contributed by atoms with van der Waals surface area (Å²) in [6.45, 7) is 10.4. The van der Waals surface area contributed by atoms with Crippen LogP contribution < -0.4 is 5.32 Å². The van der Waals surface area contributed by atoms with Gasteiger partial charge >= 0.3 is 0 Å². The number of nitrogens with zero attached hydrogens (tertiary/aromatic N) is 5. The van der Waals surface area contributed by atoms with Crippen molar-refractivity contribution >= 4 is 27.8 Å². The van der Waals surface area contributed by atoms with E-state index in [1.807, 2.05) is 19.3 Å². The average Bonchev–Trinajstić information content (AvgIpc) is 3.15. The molecule has 2 aromatic rings. The number of aliphatic imine (C=N–C) groups is 1. The monoisotopic (exact) mass is 402 g/mol. The topological polar surface area (TPSA) is 65.9 Å². The lowest BCUT2D eigenvalue weighted by atomic mass is 9.99. The van der Waals surface area contributed by atoms with E-state index in [9.17, 15) is 0 Å². The molecule has 4 rings (SSSR count). The first kappa shape index (κ1) is 19.8. The van der Waals surface area contributed by atoms with Gasteiger partial charge in [0.2, 0.25) is 6.35 Å². The van der Waals surface area contributed by atoms with E-state index in [0.29, 0.717) is 12.5 Å². The van der Waals surface area contributed by atoms with Crippen LogP contribution in [0.4, 0.5) is 0 Å². The van der Waals surface area contributed by atoms with Crippen molar-refractivity contribution in [1.29, 1.82) is 0 Å². The minimum Gasteiger partial charge on any atom is -0.342 e. The summed E-state index contributed by atoms with van der Waals surface area (Å²) in [6.07, 6.45) is 4.50. The lowest BCUT2D eigenvalue weighted by Gasteiger charge is -2.33. The third kappa shape index (κ3) is 4.58. The van der Waals surface area contributed by atoms with Crippen LogP contribution in [0.5, 0.6) is 0 Å². The number of ether oxygens (including phenoxy) is 1. The number of hydrogen-bond donors (Lipinski definition) is 1. The van der Waals surface area contributed by atoms with Gasteiger partial charge in [0.05, 0.1) is 22.0 Å². The Labute approximate surface area is 170 Å². The third-order valence-corrected chi connectivity index (χ3v) is 6.96. The van der Waals surface area contributed by atoms with Crippen LogP contribution in [0, 0.1) is 6.92 Å². The number of hydrogen-bond acceptors (Lipinski definition) is 8. The maximum absolute atomic E-state index is 6.02. The summed E-state index contributed by atoms with van der Waals surface area (Å²) in [6, 6.07) is 2.33. The first-order valence-corrected chi connectivity index (χ1v) is 10.9. The highest BCUT2D eigenvalue weighted by molar-refractivity contribution is 7.18. The highest BCUT2D eigenvalue weighted by atomic mass is 32.1. The minimum absolute atomic E-state index is 0.258. The minimum atomic E-state index is -0.258. The Bertz CT molecular complexity index is 816. The molecule has 0 amide bonds. The summed E-state index contributed by atoms with van der Waals surface area (Å²) in [7, 11) is 2.18.